The zero-order valence-electron chi connectivity index (χ0n) is 18.0. The van der Waals surface area contributed by atoms with Crippen molar-refractivity contribution >= 4 is 21.6 Å². The maximum atomic E-state index is 13.6. The number of hydrogen-bond acceptors (Lipinski definition) is 4. The second-order valence-corrected chi connectivity index (χ2v) is 9.39. The van der Waals surface area contributed by atoms with Crippen molar-refractivity contribution in [2.45, 2.75) is 44.6 Å². The minimum Gasteiger partial charge on any atom is -0.497 e. The van der Waals surface area contributed by atoms with Crippen molar-refractivity contribution in [3.8, 4) is 5.75 Å². The third-order valence-corrected chi connectivity index (χ3v) is 7.64. The van der Waals surface area contributed by atoms with E-state index in [9.17, 15) is 13.2 Å². The van der Waals surface area contributed by atoms with Crippen molar-refractivity contribution in [1.82, 2.24) is 4.90 Å². The molecule has 0 radical (unpaired) electrons. The summed E-state index contributed by atoms with van der Waals surface area (Å²) >= 11 is 0. The molecule has 0 N–H and O–H groups in total. The average Bonchev–Trinajstić information content (AvgIpc) is 3.60. The smallest absolute Gasteiger partial charge is 0.264 e. The number of methoxy groups -OCH3 is 1. The third kappa shape index (κ3) is 4.46. The van der Waals surface area contributed by atoms with E-state index in [1.807, 2.05) is 20.8 Å². The normalized spacial score (nSPS) is 14.8. The molecule has 1 aliphatic carbocycles. The molecule has 1 saturated carbocycles. The van der Waals surface area contributed by atoms with Crippen molar-refractivity contribution in [3.05, 3.63) is 54.1 Å². The molecule has 0 aliphatic heterocycles. The van der Waals surface area contributed by atoms with E-state index in [0.717, 1.165) is 12.8 Å². The van der Waals surface area contributed by atoms with Gasteiger partial charge in [-0.25, -0.2) is 8.42 Å². The third-order valence-electron chi connectivity index (χ3n) is 5.71. The molecule has 0 heterocycles. The van der Waals surface area contributed by atoms with E-state index >= 15 is 0 Å². The minimum absolute atomic E-state index is 0.0951. The van der Waals surface area contributed by atoms with Gasteiger partial charge in [0.05, 0.1) is 17.7 Å². The zero-order chi connectivity index (χ0) is 21.9. The van der Waals surface area contributed by atoms with Gasteiger partial charge in [0, 0.05) is 24.7 Å². The summed E-state index contributed by atoms with van der Waals surface area (Å²) in [6.45, 7) is 7.02. The first kappa shape index (κ1) is 22.2. The van der Waals surface area contributed by atoms with Crippen LogP contribution in [0.2, 0.25) is 0 Å². The Morgan fingerprint density at radius 1 is 1.03 bits per heavy atom. The lowest BCUT2D eigenvalue weighted by atomic mass is 10.2. The number of carbonyl (C=O) groups is 1. The van der Waals surface area contributed by atoms with Crippen LogP contribution in [-0.4, -0.2) is 45.5 Å². The van der Waals surface area contributed by atoms with Gasteiger partial charge in [0.2, 0.25) is 0 Å². The average molecular weight is 431 g/mol. The van der Waals surface area contributed by atoms with Gasteiger partial charge in [0.25, 0.3) is 15.9 Å². The summed E-state index contributed by atoms with van der Waals surface area (Å²) in [7, 11) is -2.20. The van der Waals surface area contributed by atoms with Gasteiger partial charge in [-0.2, -0.15) is 0 Å². The number of rotatable bonds is 9. The largest absolute Gasteiger partial charge is 0.497 e. The molecule has 30 heavy (non-hydrogen) atoms. The lowest BCUT2D eigenvalue weighted by Gasteiger charge is -2.31. The van der Waals surface area contributed by atoms with Crippen LogP contribution in [0.15, 0.2) is 53.4 Å². The molecule has 1 unspecified atom stereocenters. The van der Waals surface area contributed by atoms with Crippen LogP contribution in [0.3, 0.4) is 0 Å². The molecule has 0 aromatic heterocycles. The highest BCUT2D eigenvalue weighted by atomic mass is 32.2. The topological polar surface area (TPSA) is 66.9 Å². The molecular weight excluding hydrogens is 400 g/mol. The van der Waals surface area contributed by atoms with E-state index in [0.29, 0.717) is 36.0 Å². The first-order valence-electron chi connectivity index (χ1n) is 10.4. The highest BCUT2D eigenvalue weighted by molar-refractivity contribution is 7.92. The lowest BCUT2D eigenvalue weighted by Crippen LogP contribution is -2.40. The molecule has 1 amide bonds. The standard InChI is InChI=1S/C23H30N2O4S/c1-5-24(6-2)23(26)19-9-15-22(16-10-19)30(27,28)25(17(3)18-7-8-18)20-11-13-21(29-4)14-12-20/h9-18H,5-8H2,1-4H3. The van der Waals surface area contributed by atoms with Crippen LogP contribution in [0.25, 0.3) is 0 Å². The Labute approximate surface area is 179 Å². The van der Waals surface area contributed by atoms with Crippen molar-refractivity contribution in [1.29, 1.82) is 0 Å². The highest BCUT2D eigenvalue weighted by Crippen LogP contribution is 2.39. The fourth-order valence-corrected chi connectivity index (χ4v) is 5.38. The number of nitrogens with zero attached hydrogens (tertiary/aromatic N) is 2. The molecule has 3 rings (SSSR count). The molecule has 1 atom stereocenters. The summed E-state index contributed by atoms with van der Waals surface area (Å²) in [5.74, 6) is 0.933. The van der Waals surface area contributed by atoms with E-state index in [4.69, 9.17) is 4.74 Å². The van der Waals surface area contributed by atoms with Crippen molar-refractivity contribution in [3.63, 3.8) is 0 Å². The van der Waals surface area contributed by atoms with Crippen LogP contribution in [0.4, 0.5) is 5.69 Å². The predicted molar refractivity (Wildman–Crippen MR) is 119 cm³/mol. The summed E-state index contributed by atoms with van der Waals surface area (Å²) in [4.78, 5) is 14.4. The molecule has 1 fully saturated rings. The molecule has 2 aromatic carbocycles. The van der Waals surface area contributed by atoms with Crippen LogP contribution in [-0.2, 0) is 10.0 Å². The fraction of sp³-hybridized carbons (Fsp3) is 0.435. The minimum atomic E-state index is -3.78. The molecule has 7 heteroatoms. The van der Waals surface area contributed by atoms with Gasteiger partial charge in [-0.15, -0.1) is 0 Å². The Morgan fingerprint density at radius 3 is 2.07 bits per heavy atom. The van der Waals surface area contributed by atoms with Crippen LogP contribution in [0.5, 0.6) is 5.75 Å². The summed E-state index contributed by atoms with van der Waals surface area (Å²) in [5, 5.41) is 0. The molecule has 1 aliphatic rings. The Kier molecular flexibility index (Phi) is 6.71. The summed E-state index contributed by atoms with van der Waals surface area (Å²) in [6.07, 6.45) is 2.06. The molecule has 0 spiro atoms. The second kappa shape index (κ2) is 9.08. The SMILES string of the molecule is CCN(CC)C(=O)c1ccc(S(=O)(=O)N(c2ccc(OC)cc2)C(C)C2CC2)cc1. The summed E-state index contributed by atoms with van der Waals surface area (Å²) in [6, 6.07) is 13.2. The summed E-state index contributed by atoms with van der Waals surface area (Å²) < 4.78 is 33.9. The van der Waals surface area contributed by atoms with Gasteiger partial charge in [-0.3, -0.25) is 9.10 Å². The van der Waals surface area contributed by atoms with E-state index in [2.05, 4.69) is 0 Å². The monoisotopic (exact) mass is 430 g/mol. The van der Waals surface area contributed by atoms with Crippen molar-refractivity contribution in [2.75, 3.05) is 24.5 Å². The number of ether oxygens (including phenoxy) is 1. The van der Waals surface area contributed by atoms with Gasteiger partial charge >= 0.3 is 0 Å². The Bertz CT molecular complexity index is 963. The molecule has 0 bridgehead atoms. The van der Waals surface area contributed by atoms with E-state index in [1.165, 1.54) is 16.4 Å². The van der Waals surface area contributed by atoms with Crippen LogP contribution in [0, 0.1) is 5.92 Å². The molecule has 2 aromatic rings. The highest BCUT2D eigenvalue weighted by Gasteiger charge is 2.38. The second-order valence-electron chi connectivity index (χ2n) is 7.58. The number of amides is 1. The summed E-state index contributed by atoms with van der Waals surface area (Å²) in [5.41, 5.74) is 1.10. The quantitative estimate of drug-likeness (QED) is 0.599. The first-order valence-corrected chi connectivity index (χ1v) is 11.8. The van der Waals surface area contributed by atoms with Gasteiger partial charge in [-0.1, -0.05) is 0 Å². The Balaban J connectivity index is 1.95. The van der Waals surface area contributed by atoms with Crippen LogP contribution >= 0.6 is 0 Å². The lowest BCUT2D eigenvalue weighted by molar-refractivity contribution is 0.0773. The van der Waals surface area contributed by atoms with Crippen LogP contribution in [0.1, 0.15) is 44.0 Å². The molecule has 162 valence electrons. The van der Waals surface area contributed by atoms with Crippen LogP contribution < -0.4 is 9.04 Å². The molecule has 6 nitrogen and oxygen atoms in total. The number of sulfonamides is 1. The van der Waals surface area contributed by atoms with E-state index < -0.39 is 10.0 Å². The van der Waals surface area contributed by atoms with Crippen molar-refractivity contribution < 1.29 is 17.9 Å². The molecule has 0 saturated heterocycles. The van der Waals surface area contributed by atoms with Crippen molar-refractivity contribution in [2.24, 2.45) is 5.92 Å². The number of benzene rings is 2. The van der Waals surface area contributed by atoms with Gasteiger partial charge in [0.15, 0.2) is 0 Å². The maximum absolute atomic E-state index is 13.6. The van der Waals surface area contributed by atoms with E-state index in [-0.39, 0.29) is 16.8 Å². The van der Waals surface area contributed by atoms with E-state index in [1.54, 1.807) is 48.4 Å². The van der Waals surface area contributed by atoms with Gasteiger partial charge < -0.3 is 9.64 Å². The number of anilines is 1. The zero-order valence-corrected chi connectivity index (χ0v) is 18.9. The number of hydrogen-bond donors (Lipinski definition) is 0. The fourth-order valence-electron chi connectivity index (χ4n) is 3.67. The Hall–Kier alpha value is -2.54. The molecular formula is C23H30N2O4S. The van der Waals surface area contributed by atoms with Gasteiger partial charge in [-0.05, 0) is 88.1 Å². The maximum Gasteiger partial charge on any atom is 0.264 e. The first-order chi connectivity index (χ1) is 14.3. The number of carbonyl (C=O) groups excluding carboxylic acids is 1. The van der Waals surface area contributed by atoms with Gasteiger partial charge in [0.1, 0.15) is 5.75 Å². The predicted octanol–water partition coefficient (Wildman–Crippen LogP) is 4.17. The Morgan fingerprint density at radius 2 is 1.60 bits per heavy atom.